The predicted octanol–water partition coefficient (Wildman–Crippen LogP) is 5.65. The van der Waals surface area contributed by atoms with Crippen molar-refractivity contribution < 1.29 is 5.11 Å². The molecule has 0 amide bonds. The predicted molar refractivity (Wildman–Crippen MR) is 120 cm³/mol. The summed E-state index contributed by atoms with van der Waals surface area (Å²) in [4.78, 5) is 0. The number of hydrogen-bond acceptors (Lipinski definition) is 4. The van der Waals surface area contributed by atoms with Crippen LogP contribution in [0.4, 0.5) is 0 Å². The first-order valence-electron chi connectivity index (χ1n) is 9.38. The lowest BCUT2D eigenvalue weighted by molar-refractivity contribution is 0.475. The van der Waals surface area contributed by atoms with Gasteiger partial charge in [0.15, 0.2) is 5.82 Å². The van der Waals surface area contributed by atoms with Crippen LogP contribution >= 0.6 is 12.2 Å². The fourth-order valence-corrected chi connectivity index (χ4v) is 3.42. The maximum Gasteiger partial charge on any atom is 0.216 e. The molecule has 3 aromatic carbocycles. The minimum Gasteiger partial charge on any atom is -0.507 e. The number of phenols is 1. The molecule has 0 saturated heterocycles. The molecule has 4 aromatic rings. The van der Waals surface area contributed by atoms with Gasteiger partial charge in [-0.15, -0.1) is 0 Å². The van der Waals surface area contributed by atoms with E-state index in [-0.39, 0.29) is 11.2 Å². The lowest BCUT2D eigenvalue weighted by atomic mass is 9.87. The van der Waals surface area contributed by atoms with Crippen molar-refractivity contribution in [3.8, 4) is 17.1 Å². The molecule has 1 aromatic heterocycles. The third kappa shape index (κ3) is 3.71. The summed E-state index contributed by atoms with van der Waals surface area (Å²) in [7, 11) is 0. The Kier molecular flexibility index (Phi) is 4.80. The quantitative estimate of drug-likeness (QED) is 0.344. The fraction of sp³-hybridized carbons (Fsp3) is 0.174. The van der Waals surface area contributed by atoms with Gasteiger partial charge in [0, 0.05) is 11.1 Å². The number of benzene rings is 3. The lowest BCUT2D eigenvalue weighted by Crippen LogP contribution is -2.10. The molecule has 1 heterocycles. The normalized spacial score (nSPS) is 12.1. The smallest absolute Gasteiger partial charge is 0.216 e. The number of phenolic OH excluding ortho intramolecular Hbond substituents is 1. The van der Waals surface area contributed by atoms with Gasteiger partial charge >= 0.3 is 0 Å². The molecule has 0 fully saturated rings. The molecule has 0 spiro atoms. The van der Waals surface area contributed by atoms with Crippen LogP contribution in [0.25, 0.3) is 22.2 Å². The van der Waals surface area contributed by atoms with E-state index in [1.165, 1.54) is 5.56 Å². The highest BCUT2D eigenvalue weighted by Crippen LogP contribution is 2.27. The Morgan fingerprint density at radius 2 is 1.76 bits per heavy atom. The zero-order valence-electron chi connectivity index (χ0n) is 16.5. The number of fused-ring (bicyclic) bond motifs is 1. The number of hydrogen-bond donors (Lipinski definition) is 2. The molecule has 0 aliphatic heterocycles. The molecule has 4 rings (SSSR count). The summed E-state index contributed by atoms with van der Waals surface area (Å²) in [6.45, 7) is 6.54. The molecule has 0 aliphatic rings. The first-order valence-corrected chi connectivity index (χ1v) is 9.79. The van der Waals surface area contributed by atoms with E-state index >= 15 is 0 Å². The highest BCUT2D eigenvalue weighted by molar-refractivity contribution is 7.71. The Labute approximate surface area is 174 Å². The van der Waals surface area contributed by atoms with Crippen LogP contribution in [0, 0.1) is 4.77 Å². The molecule has 146 valence electrons. The van der Waals surface area contributed by atoms with E-state index < -0.39 is 0 Å². The van der Waals surface area contributed by atoms with Gasteiger partial charge in [-0.1, -0.05) is 75.4 Å². The second kappa shape index (κ2) is 7.29. The number of rotatable bonds is 3. The molecule has 0 bridgehead atoms. The first-order chi connectivity index (χ1) is 13.8. The van der Waals surface area contributed by atoms with E-state index in [0.717, 1.165) is 16.3 Å². The molecular weight excluding hydrogens is 380 g/mol. The van der Waals surface area contributed by atoms with Gasteiger partial charge in [0.25, 0.3) is 0 Å². The van der Waals surface area contributed by atoms with Crippen molar-refractivity contribution in [2.24, 2.45) is 5.10 Å². The zero-order chi connectivity index (χ0) is 20.6. The minimum absolute atomic E-state index is 0.0767. The van der Waals surface area contributed by atoms with Gasteiger partial charge in [-0.3, -0.25) is 0 Å². The maximum atomic E-state index is 10.3. The highest BCUT2D eigenvalue weighted by Gasteiger charge is 2.15. The van der Waals surface area contributed by atoms with Gasteiger partial charge in [-0.05, 0) is 40.0 Å². The van der Waals surface area contributed by atoms with Crippen LogP contribution in [-0.4, -0.2) is 26.2 Å². The highest BCUT2D eigenvalue weighted by atomic mass is 32.1. The van der Waals surface area contributed by atoms with Gasteiger partial charge < -0.3 is 5.11 Å². The molecule has 0 atom stereocenters. The zero-order valence-corrected chi connectivity index (χ0v) is 17.4. The molecule has 0 unspecified atom stereocenters. The number of aromatic nitrogens is 3. The van der Waals surface area contributed by atoms with Crippen molar-refractivity contribution in [1.82, 2.24) is 14.9 Å². The second-order valence-corrected chi connectivity index (χ2v) is 8.34. The number of aromatic hydroxyl groups is 1. The summed E-state index contributed by atoms with van der Waals surface area (Å²) in [5, 5.41) is 24.0. The van der Waals surface area contributed by atoms with Crippen LogP contribution in [0.2, 0.25) is 0 Å². The van der Waals surface area contributed by atoms with Gasteiger partial charge in [0.05, 0.1) is 6.21 Å². The summed E-state index contributed by atoms with van der Waals surface area (Å²) in [5.74, 6) is 0.782. The van der Waals surface area contributed by atoms with Crippen LogP contribution in [-0.2, 0) is 5.41 Å². The van der Waals surface area contributed by atoms with Crippen molar-refractivity contribution in [3.05, 3.63) is 76.6 Å². The van der Waals surface area contributed by atoms with E-state index in [4.69, 9.17) is 12.2 Å². The Bertz CT molecular complexity index is 1260. The Hall–Kier alpha value is -3.25. The molecule has 2 N–H and O–H groups in total. The van der Waals surface area contributed by atoms with Crippen LogP contribution < -0.4 is 0 Å². The van der Waals surface area contributed by atoms with E-state index in [2.05, 4.69) is 48.2 Å². The number of nitrogens with one attached hydrogen (secondary N) is 1. The fourth-order valence-electron chi connectivity index (χ4n) is 3.24. The summed E-state index contributed by atoms with van der Waals surface area (Å²) >= 11 is 5.37. The second-order valence-electron chi connectivity index (χ2n) is 7.96. The van der Waals surface area contributed by atoms with E-state index in [0.29, 0.717) is 16.2 Å². The van der Waals surface area contributed by atoms with Crippen LogP contribution in [0.15, 0.2) is 65.8 Å². The molecule has 6 heteroatoms. The van der Waals surface area contributed by atoms with Gasteiger partial charge in [0.2, 0.25) is 4.77 Å². The van der Waals surface area contributed by atoms with Gasteiger partial charge in [-0.2, -0.15) is 14.9 Å². The summed E-state index contributed by atoms with van der Waals surface area (Å²) in [6.07, 6.45) is 1.62. The maximum absolute atomic E-state index is 10.3. The number of H-pyrrole nitrogens is 1. The molecule has 0 aliphatic carbocycles. The molecule has 0 saturated carbocycles. The van der Waals surface area contributed by atoms with Crippen LogP contribution in [0.5, 0.6) is 5.75 Å². The Morgan fingerprint density at radius 3 is 2.48 bits per heavy atom. The largest absolute Gasteiger partial charge is 0.507 e. The summed E-state index contributed by atoms with van der Waals surface area (Å²) in [5.41, 5.74) is 2.86. The first kappa shape index (κ1) is 19.1. The lowest BCUT2D eigenvalue weighted by Gasteiger charge is -2.18. The van der Waals surface area contributed by atoms with Gasteiger partial charge in [0.1, 0.15) is 5.75 Å². The van der Waals surface area contributed by atoms with Crippen LogP contribution in [0.1, 0.15) is 31.9 Å². The van der Waals surface area contributed by atoms with E-state index in [9.17, 15) is 5.11 Å². The van der Waals surface area contributed by atoms with E-state index in [1.807, 2.05) is 42.5 Å². The molecular formula is C23H22N4OS. The third-order valence-electron chi connectivity index (χ3n) is 4.91. The van der Waals surface area contributed by atoms with Crippen molar-refractivity contribution in [2.75, 3.05) is 0 Å². The third-order valence-corrected chi connectivity index (χ3v) is 5.17. The molecule has 5 nitrogen and oxygen atoms in total. The van der Waals surface area contributed by atoms with Gasteiger partial charge in [-0.25, -0.2) is 5.10 Å². The Balaban J connectivity index is 1.76. The summed E-state index contributed by atoms with van der Waals surface area (Å²) < 4.78 is 1.96. The Morgan fingerprint density at radius 1 is 1.03 bits per heavy atom. The average Bonchev–Trinajstić information content (AvgIpc) is 3.07. The molecule has 29 heavy (non-hydrogen) atoms. The van der Waals surface area contributed by atoms with Crippen LogP contribution in [0.3, 0.4) is 0 Å². The monoisotopic (exact) mass is 402 g/mol. The van der Waals surface area contributed by atoms with Crippen molar-refractivity contribution >= 4 is 29.2 Å². The van der Waals surface area contributed by atoms with Crippen molar-refractivity contribution in [1.29, 1.82) is 0 Å². The standard InChI is InChI=1S/C23H22N4OS/c1-23(2,3)17-11-8-16(9-12-17)21-25-26-22(29)27(21)24-14-19-18-7-5-4-6-15(18)10-13-20(19)28/h4-14,28H,1-3H3,(H,26,29)/b24-14-. The van der Waals surface area contributed by atoms with Crippen molar-refractivity contribution in [3.63, 3.8) is 0 Å². The average molecular weight is 403 g/mol. The number of nitrogens with zero attached hydrogens (tertiary/aromatic N) is 3. The molecule has 0 radical (unpaired) electrons. The topological polar surface area (TPSA) is 66.2 Å². The number of aromatic amines is 1. The minimum atomic E-state index is 0.0767. The SMILES string of the molecule is CC(C)(C)c1ccc(-c2n[nH]c(=S)n2/N=C\c2c(O)ccc3ccccc23)cc1. The summed E-state index contributed by atoms with van der Waals surface area (Å²) in [6, 6.07) is 19.6. The van der Waals surface area contributed by atoms with E-state index in [1.54, 1.807) is 17.0 Å². The van der Waals surface area contributed by atoms with Crippen molar-refractivity contribution in [2.45, 2.75) is 26.2 Å².